The number of aliphatic carboxylic acids is 2. The van der Waals surface area contributed by atoms with E-state index in [1.54, 1.807) is 31.5 Å². The highest BCUT2D eigenvalue weighted by Gasteiger charge is 2.50. The highest BCUT2D eigenvalue weighted by atomic mass is 16.6. The maximum absolute atomic E-state index is 14.1. The van der Waals surface area contributed by atoms with Gasteiger partial charge in [-0.3, -0.25) is 24.0 Å². The van der Waals surface area contributed by atoms with E-state index in [4.69, 9.17) is 29.2 Å². The number of esters is 2. The Hall–Kier alpha value is -5.13. The van der Waals surface area contributed by atoms with Crippen molar-refractivity contribution in [2.75, 3.05) is 7.11 Å². The number of pyridine rings is 1. The monoisotopic (exact) mass is 605 g/mol. The van der Waals surface area contributed by atoms with Crippen LogP contribution in [0.3, 0.4) is 0 Å². The molecule has 44 heavy (non-hydrogen) atoms. The van der Waals surface area contributed by atoms with Crippen LogP contribution in [0.25, 0.3) is 32.6 Å². The molecule has 0 saturated carbocycles. The summed E-state index contributed by atoms with van der Waals surface area (Å²) in [6.07, 6.45) is -4.56. The van der Waals surface area contributed by atoms with Crippen LogP contribution < -0.4 is 14.9 Å². The second kappa shape index (κ2) is 11.5. The maximum atomic E-state index is 14.1. The second-order valence-electron chi connectivity index (χ2n) is 11.1. The van der Waals surface area contributed by atoms with Crippen molar-refractivity contribution < 1.29 is 48.3 Å². The minimum Gasteiger partial charge on any atom is -0.496 e. The number of carbonyl (C=O) groups excluding carboxylic acids is 2. The smallest absolute Gasteiger partial charge is 0.307 e. The summed E-state index contributed by atoms with van der Waals surface area (Å²) in [7, 11) is 3.14. The van der Waals surface area contributed by atoms with Gasteiger partial charge in [-0.05, 0) is 36.8 Å². The Morgan fingerprint density at radius 2 is 1.50 bits per heavy atom. The molecule has 0 amide bonds. The van der Waals surface area contributed by atoms with Crippen molar-refractivity contribution in [2.24, 2.45) is 7.05 Å². The van der Waals surface area contributed by atoms with E-state index in [-0.39, 0.29) is 27.9 Å². The summed E-state index contributed by atoms with van der Waals surface area (Å²) in [4.78, 5) is 62.2. The van der Waals surface area contributed by atoms with Gasteiger partial charge in [0.2, 0.25) is 5.43 Å². The zero-order valence-corrected chi connectivity index (χ0v) is 24.5. The van der Waals surface area contributed by atoms with E-state index in [0.29, 0.717) is 16.4 Å². The SMILES string of the molecule is COc1cc2c(c3c1c(=O)c1cc4ccccc4cc1n3C)C(OC(=O)CCC(=O)O)C(OC(=O)CCC(=O)O)C(C)(C)O2. The molecule has 0 saturated heterocycles. The molecule has 230 valence electrons. The number of benzene rings is 3. The van der Waals surface area contributed by atoms with Crippen LogP contribution in [0.15, 0.2) is 47.3 Å². The third-order valence-electron chi connectivity index (χ3n) is 7.74. The Bertz CT molecular complexity index is 1910. The quantitative estimate of drug-likeness (QED) is 0.207. The van der Waals surface area contributed by atoms with Crippen LogP contribution in [0.2, 0.25) is 0 Å². The minimum absolute atomic E-state index is 0.169. The molecule has 12 heteroatoms. The molecule has 1 aliphatic heterocycles. The van der Waals surface area contributed by atoms with Crippen LogP contribution in [0.4, 0.5) is 0 Å². The van der Waals surface area contributed by atoms with E-state index in [0.717, 1.165) is 10.8 Å². The Morgan fingerprint density at radius 3 is 2.09 bits per heavy atom. The maximum Gasteiger partial charge on any atom is 0.307 e. The van der Waals surface area contributed by atoms with Gasteiger partial charge in [-0.25, -0.2) is 0 Å². The van der Waals surface area contributed by atoms with Crippen LogP contribution in [-0.4, -0.2) is 57.5 Å². The van der Waals surface area contributed by atoms with Crippen molar-refractivity contribution in [3.8, 4) is 11.5 Å². The predicted molar refractivity (Wildman–Crippen MR) is 158 cm³/mol. The van der Waals surface area contributed by atoms with E-state index in [1.165, 1.54) is 13.2 Å². The fourth-order valence-electron chi connectivity index (χ4n) is 5.67. The average molecular weight is 606 g/mol. The minimum atomic E-state index is -1.36. The highest BCUT2D eigenvalue weighted by Crippen LogP contribution is 2.49. The molecule has 0 radical (unpaired) electrons. The van der Waals surface area contributed by atoms with Crippen molar-refractivity contribution in [3.63, 3.8) is 0 Å². The van der Waals surface area contributed by atoms with Crippen molar-refractivity contribution >= 4 is 56.5 Å². The number of aryl methyl sites for hydroxylation is 1. The fraction of sp³-hybridized carbons (Fsp3) is 0.344. The first-order valence-electron chi connectivity index (χ1n) is 13.9. The van der Waals surface area contributed by atoms with Crippen LogP contribution >= 0.6 is 0 Å². The van der Waals surface area contributed by atoms with Gasteiger partial charge in [-0.15, -0.1) is 0 Å². The molecule has 2 heterocycles. The Kier molecular flexibility index (Phi) is 7.94. The first-order valence-corrected chi connectivity index (χ1v) is 13.9. The predicted octanol–water partition coefficient (Wildman–Crippen LogP) is 4.25. The van der Waals surface area contributed by atoms with E-state index in [2.05, 4.69) is 0 Å². The van der Waals surface area contributed by atoms with E-state index in [9.17, 15) is 24.0 Å². The summed E-state index contributed by atoms with van der Waals surface area (Å²) in [5.74, 6) is -3.75. The molecule has 5 rings (SSSR count). The molecule has 2 N–H and O–H groups in total. The third kappa shape index (κ3) is 5.50. The number of carbonyl (C=O) groups is 4. The number of nitrogens with zero attached hydrogens (tertiary/aromatic N) is 1. The number of methoxy groups -OCH3 is 1. The number of fused-ring (bicyclic) bond motifs is 5. The molecule has 2 atom stereocenters. The van der Waals surface area contributed by atoms with E-state index in [1.807, 2.05) is 30.3 Å². The second-order valence-corrected chi connectivity index (χ2v) is 11.1. The number of carboxylic acids is 2. The molecule has 0 aliphatic carbocycles. The first-order chi connectivity index (χ1) is 20.8. The average Bonchev–Trinajstić information content (AvgIpc) is 2.97. The topological polar surface area (TPSA) is 168 Å². The lowest BCUT2D eigenvalue weighted by molar-refractivity contribution is -0.190. The third-order valence-corrected chi connectivity index (χ3v) is 7.74. The van der Waals surface area contributed by atoms with Gasteiger partial charge in [-0.1, -0.05) is 24.3 Å². The molecule has 1 aliphatic rings. The summed E-state index contributed by atoms with van der Waals surface area (Å²) in [5.41, 5.74) is -0.602. The summed E-state index contributed by atoms with van der Waals surface area (Å²) in [6.45, 7) is 3.21. The Labute approximate surface area is 250 Å². The first kappa shape index (κ1) is 30.3. The van der Waals surface area contributed by atoms with Crippen LogP contribution in [0.1, 0.15) is 51.2 Å². The molecular formula is C32H31NO11. The van der Waals surface area contributed by atoms with Gasteiger partial charge in [0.25, 0.3) is 0 Å². The van der Waals surface area contributed by atoms with Gasteiger partial charge in [0.15, 0.2) is 12.2 Å². The Balaban J connectivity index is 1.80. The number of carboxylic acid groups (broad SMARTS) is 2. The van der Waals surface area contributed by atoms with Crippen LogP contribution in [0.5, 0.6) is 11.5 Å². The number of rotatable bonds is 9. The molecule has 0 spiro atoms. The summed E-state index contributed by atoms with van der Waals surface area (Å²) in [6, 6.07) is 12.7. The molecule has 4 aromatic rings. The van der Waals surface area contributed by atoms with Gasteiger partial charge in [-0.2, -0.15) is 0 Å². The van der Waals surface area contributed by atoms with Gasteiger partial charge in [0, 0.05) is 18.5 Å². The largest absolute Gasteiger partial charge is 0.496 e. The molecule has 1 aromatic heterocycles. The molecular weight excluding hydrogens is 574 g/mol. The lowest BCUT2D eigenvalue weighted by Gasteiger charge is -2.44. The van der Waals surface area contributed by atoms with Gasteiger partial charge in [0.1, 0.15) is 17.1 Å². The number of hydrogen-bond donors (Lipinski definition) is 2. The Morgan fingerprint density at radius 1 is 0.909 bits per heavy atom. The normalized spacial score (nSPS) is 17.1. The summed E-state index contributed by atoms with van der Waals surface area (Å²) >= 11 is 0. The number of aromatic nitrogens is 1. The van der Waals surface area contributed by atoms with Gasteiger partial charge < -0.3 is 33.7 Å². The van der Waals surface area contributed by atoms with Crippen LogP contribution in [0, 0.1) is 0 Å². The van der Waals surface area contributed by atoms with Gasteiger partial charge >= 0.3 is 23.9 Å². The zero-order chi connectivity index (χ0) is 31.9. The standard InChI is InChI=1S/C32H31NO11/c1-32(2)31(43-25(39)12-10-23(36)37)30(42-24(38)11-9-22(34)35)27-21(44-32)15-20(41-4)26-28(27)33(3)19-14-17-8-6-5-7-16(17)13-18(19)29(26)40/h5-8,13-15,30-31H,9-12H2,1-4H3,(H,34,35)(H,36,37). The van der Waals surface area contributed by atoms with Crippen molar-refractivity contribution in [3.05, 3.63) is 58.3 Å². The zero-order valence-electron chi connectivity index (χ0n) is 24.5. The lowest BCUT2D eigenvalue weighted by atomic mass is 9.86. The van der Waals surface area contributed by atoms with Crippen molar-refractivity contribution in [1.29, 1.82) is 0 Å². The van der Waals surface area contributed by atoms with E-state index < -0.39 is 67.4 Å². The molecule has 2 unspecified atom stereocenters. The summed E-state index contributed by atoms with van der Waals surface area (Å²) < 4.78 is 25.3. The molecule has 0 bridgehead atoms. The fourth-order valence-corrected chi connectivity index (χ4v) is 5.67. The van der Waals surface area contributed by atoms with Crippen LogP contribution in [-0.2, 0) is 35.7 Å². The van der Waals surface area contributed by atoms with Crippen molar-refractivity contribution in [2.45, 2.75) is 57.3 Å². The summed E-state index contributed by atoms with van der Waals surface area (Å²) in [5, 5.41) is 20.5. The molecule has 3 aromatic carbocycles. The highest BCUT2D eigenvalue weighted by molar-refractivity contribution is 6.04. The van der Waals surface area contributed by atoms with E-state index >= 15 is 0 Å². The molecule has 12 nitrogen and oxygen atoms in total. The lowest BCUT2D eigenvalue weighted by Crippen LogP contribution is -2.52. The van der Waals surface area contributed by atoms with Crippen molar-refractivity contribution in [1.82, 2.24) is 4.57 Å². The number of hydrogen-bond acceptors (Lipinski definition) is 9. The molecule has 0 fully saturated rings. The van der Waals surface area contributed by atoms with Gasteiger partial charge in [0.05, 0.1) is 54.8 Å². The number of ether oxygens (including phenoxy) is 4.